The maximum atomic E-state index is 11.3. The van der Waals surface area contributed by atoms with Gasteiger partial charge in [-0.1, -0.05) is 12.1 Å². The maximum Gasteiger partial charge on any atom is 0.264 e. The molecule has 0 spiro atoms. The second kappa shape index (κ2) is 4.18. The number of hydrogen-bond donors (Lipinski definition) is 2. The van der Waals surface area contributed by atoms with Gasteiger partial charge in [0.1, 0.15) is 0 Å². The number of nitrogens with one attached hydrogen (secondary N) is 2. The summed E-state index contributed by atoms with van der Waals surface area (Å²) in [4.78, 5) is 11.3. The largest absolute Gasteiger partial charge is 0.268 e. The summed E-state index contributed by atoms with van der Waals surface area (Å²) in [6.07, 6.45) is 1.57. The molecule has 78 valence electrons. The minimum atomic E-state index is -0.442. The van der Waals surface area contributed by atoms with Crippen molar-refractivity contribution in [2.75, 3.05) is 0 Å². The van der Waals surface area contributed by atoms with Crippen molar-refractivity contribution in [3.8, 4) is 17.6 Å². The van der Waals surface area contributed by atoms with Crippen LogP contribution in [0.25, 0.3) is 11.4 Å². The highest BCUT2D eigenvalue weighted by Gasteiger charge is 2.06. The van der Waals surface area contributed by atoms with Crippen LogP contribution in [-0.2, 0) is 0 Å². The molecule has 0 aliphatic rings. The van der Waals surface area contributed by atoms with Crippen molar-refractivity contribution in [2.45, 2.75) is 0 Å². The third-order valence-electron chi connectivity index (χ3n) is 1.92. The smallest absolute Gasteiger partial charge is 0.264 e. The summed E-state index contributed by atoms with van der Waals surface area (Å²) in [7, 11) is 0. The number of aromatic amines is 1. The Balaban J connectivity index is 2.24. The number of hydrogen-bond acceptors (Lipinski definition) is 5. The van der Waals surface area contributed by atoms with Gasteiger partial charge in [-0.15, -0.1) is 10.2 Å². The van der Waals surface area contributed by atoms with Crippen LogP contribution in [0, 0.1) is 11.5 Å². The molecule has 0 atom stereocenters. The summed E-state index contributed by atoms with van der Waals surface area (Å²) < 4.78 is 0. The average molecular weight is 214 g/mol. The number of H-pyrrole nitrogens is 1. The Labute approximate surface area is 90.1 Å². The molecule has 0 unspecified atom stereocenters. The van der Waals surface area contributed by atoms with Crippen molar-refractivity contribution >= 4 is 5.91 Å². The summed E-state index contributed by atoms with van der Waals surface area (Å²) in [5.74, 6) is 0.00871. The minimum absolute atomic E-state index is 0.397. The standard InChI is InChI=1S/C9H6N6O/c10-5-11-9(16)7-3-1-6(2-4-7)8-12-14-15-13-8/h1-4H,(H,11,16)(H,12,13,14,15). The van der Waals surface area contributed by atoms with Gasteiger partial charge in [-0.2, -0.15) is 10.5 Å². The fraction of sp³-hybridized carbons (Fsp3) is 0. The van der Waals surface area contributed by atoms with E-state index in [1.54, 1.807) is 30.5 Å². The van der Waals surface area contributed by atoms with Gasteiger partial charge in [0, 0.05) is 11.1 Å². The molecule has 0 fully saturated rings. The summed E-state index contributed by atoms with van der Waals surface area (Å²) in [5.41, 5.74) is 1.14. The first-order chi connectivity index (χ1) is 7.81. The van der Waals surface area contributed by atoms with Gasteiger partial charge in [-0.3, -0.25) is 10.1 Å². The molecule has 7 nitrogen and oxygen atoms in total. The zero-order valence-corrected chi connectivity index (χ0v) is 8.01. The fourth-order valence-corrected chi connectivity index (χ4v) is 1.18. The van der Waals surface area contributed by atoms with Gasteiger partial charge in [0.25, 0.3) is 5.91 Å². The molecule has 0 saturated carbocycles. The fourth-order valence-electron chi connectivity index (χ4n) is 1.18. The van der Waals surface area contributed by atoms with Crippen LogP contribution in [0.4, 0.5) is 0 Å². The highest BCUT2D eigenvalue weighted by Crippen LogP contribution is 2.13. The molecule has 2 aromatic rings. The van der Waals surface area contributed by atoms with Gasteiger partial charge < -0.3 is 0 Å². The maximum absolute atomic E-state index is 11.3. The summed E-state index contributed by atoms with van der Waals surface area (Å²) in [6, 6.07) is 6.52. The number of carbonyl (C=O) groups excluding carboxylic acids is 1. The average Bonchev–Trinajstić information content (AvgIpc) is 2.83. The van der Waals surface area contributed by atoms with Gasteiger partial charge in [-0.05, 0) is 17.3 Å². The normalized spacial score (nSPS) is 9.44. The number of tetrazole rings is 1. The Morgan fingerprint density at radius 3 is 2.69 bits per heavy atom. The van der Waals surface area contributed by atoms with Crippen molar-refractivity contribution in [3.05, 3.63) is 29.8 Å². The third kappa shape index (κ3) is 1.85. The lowest BCUT2D eigenvalue weighted by Crippen LogP contribution is -2.16. The molecular formula is C9H6N6O. The highest BCUT2D eigenvalue weighted by molar-refractivity contribution is 5.95. The van der Waals surface area contributed by atoms with Crippen LogP contribution in [0.1, 0.15) is 10.4 Å². The SMILES string of the molecule is N#CNC(=O)c1ccc(-c2nn[nH]n2)cc1. The van der Waals surface area contributed by atoms with E-state index in [1.807, 2.05) is 5.32 Å². The molecule has 1 amide bonds. The van der Waals surface area contributed by atoms with E-state index in [9.17, 15) is 4.79 Å². The molecule has 0 aliphatic carbocycles. The van der Waals surface area contributed by atoms with Crippen molar-refractivity contribution in [3.63, 3.8) is 0 Å². The van der Waals surface area contributed by atoms with Crippen molar-refractivity contribution in [1.82, 2.24) is 25.9 Å². The molecule has 0 bridgehead atoms. The lowest BCUT2D eigenvalue weighted by atomic mass is 10.1. The first kappa shape index (κ1) is 9.79. The lowest BCUT2D eigenvalue weighted by Gasteiger charge is -1.98. The van der Waals surface area contributed by atoms with E-state index in [-0.39, 0.29) is 0 Å². The van der Waals surface area contributed by atoms with Crippen LogP contribution >= 0.6 is 0 Å². The lowest BCUT2D eigenvalue weighted by molar-refractivity contribution is 0.0973. The number of benzene rings is 1. The Morgan fingerprint density at radius 2 is 2.12 bits per heavy atom. The summed E-state index contributed by atoms with van der Waals surface area (Å²) in [6.45, 7) is 0. The number of amides is 1. The topological polar surface area (TPSA) is 107 Å². The number of carbonyl (C=O) groups is 1. The number of nitrogens with zero attached hydrogens (tertiary/aromatic N) is 4. The molecule has 2 rings (SSSR count). The molecular weight excluding hydrogens is 208 g/mol. The molecule has 0 radical (unpaired) electrons. The summed E-state index contributed by atoms with van der Waals surface area (Å²) in [5, 5.41) is 23.7. The van der Waals surface area contributed by atoms with Crippen molar-refractivity contribution in [2.24, 2.45) is 0 Å². The van der Waals surface area contributed by atoms with Gasteiger partial charge in [0.15, 0.2) is 6.19 Å². The highest BCUT2D eigenvalue weighted by atomic mass is 16.1. The van der Waals surface area contributed by atoms with Gasteiger partial charge in [-0.25, -0.2) is 0 Å². The van der Waals surface area contributed by atoms with Crippen LogP contribution in [0.15, 0.2) is 24.3 Å². The minimum Gasteiger partial charge on any atom is -0.268 e. The zero-order valence-electron chi connectivity index (χ0n) is 8.01. The van der Waals surface area contributed by atoms with E-state index in [4.69, 9.17) is 5.26 Å². The van der Waals surface area contributed by atoms with Gasteiger partial charge >= 0.3 is 0 Å². The number of nitriles is 1. The molecule has 0 aliphatic heterocycles. The Morgan fingerprint density at radius 1 is 1.38 bits per heavy atom. The zero-order chi connectivity index (χ0) is 11.4. The van der Waals surface area contributed by atoms with Crippen molar-refractivity contribution < 1.29 is 4.79 Å². The predicted molar refractivity (Wildman–Crippen MR) is 52.7 cm³/mol. The predicted octanol–water partition coefficient (Wildman–Crippen LogP) is 0.0776. The van der Waals surface area contributed by atoms with E-state index >= 15 is 0 Å². The first-order valence-corrected chi connectivity index (χ1v) is 4.34. The quantitative estimate of drug-likeness (QED) is 0.543. The Hall–Kier alpha value is -2.75. The number of rotatable bonds is 2. The van der Waals surface area contributed by atoms with Crippen LogP contribution < -0.4 is 5.32 Å². The van der Waals surface area contributed by atoms with E-state index in [0.29, 0.717) is 11.4 Å². The Kier molecular flexibility index (Phi) is 2.56. The second-order valence-electron chi connectivity index (χ2n) is 2.88. The third-order valence-corrected chi connectivity index (χ3v) is 1.92. The first-order valence-electron chi connectivity index (χ1n) is 4.34. The van der Waals surface area contributed by atoms with Crippen LogP contribution in [0.5, 0.6) is 0 Å². The van der Waals surface area contributed by atoms with Gasteiger partial charge in [0.05, 0.1) is 0 Å². The summed E-state index contributed by atoms with van der Waals surface area (Å²) >= 11 is 0. The molecule has 0 saturated heterocycles. The van der Waals surface area contributed by atoms with E-state index < -0.39 is 5.91 Å². The molecule has 2 N–H and O–H groups in total. The molecule has 1 aromatic carbocycles. The van der Waals surface area contributed by atoms with E-state index in [2.05, 4.69) is 20.6 Å². The van der Waals surface area contributed by atoms with E-state index in [0.717, 1.165) is 5.56 Å². The second-order valence-corrected chi connectivity index (χ2v) is 2.88. The Bertz CT molecular complexity index is 524. The van der Waals surface area contributed by atoms with Crippen molar-refractivity contribution in [1.29, 1.82) is 5.26 Å². The molecule has 16 heavy (non-hydrogen) atoms. The number of aromatic nitrogens is 4. The van der Waals surface area contributed by atoms with Crippen LogP contribution in [0.3, 0.4) is 0 Å². The monoisotopic (exact) mass is 214 g/mol. The molecule has 7 heteroatoms. The van der Waals surface area contributed by atoms with Crippen LogP contribution in [-0.4, -0.2) is 26.5 Å². The van der Waals surface area contributed by atoms with Gasteiger partial charge in [0.2, 0.25) is 5.82 Å². The van der Waals surface area contributed by atoms with E-state index in [1.165, 1.54) is 0 Å². The molecule has 1 heterocycles. The molecule has 1 aromatic heterocycles. The van der Waals surface area contributed by atoms with Crippen LogP contribution in [0.2, 0.25) is 0 Å².